The summed E-state index contributed by atoms with van der Waals surface area (Å²) in [7, 11) is 0. The van der Waals surface area contributed by atoms with Gasteiger partial charge in [0.05, 0.1) is 0 Å². The second-order valence-corrected chi connectivity index (χ2v) is 6.28. The van der Waals surface area contributed by atoms with Crippen molar-refractivity contribution in [1.29, 1.82) is 0 Å². The van der Waals surface area contributed by atoms with Crippen molar-refractivity contribution in [3.05, 3.63) is 45.7 Å². The van der Waals surface area contributed by atoms with E-state index in [1.165, 1.54) is 18.4 Å². The van der Waals surface area contributed by atoms with Crippen LogP contribution in [0, 0.1) is 13.8 Å². The minimum absolute atomic E-state index is 0.707. The third-order valence-electron chi connectivity index (χ3n) is 3.65. The molecule has 4 heteroatoms. The quantitative estimate of drug-likeness (QED) is 0.926. The first-order valence-corrected chi connectivity index (χ1v) is 7.76. The maximum Gasteiger partial charge on any atom is 0.159 e. The predicted octanol–water partition coefficient (Wildman–Crippen LogP) is 3.77. The summed E-state index contributed by atoms with van der Waals surface area (Å²) in [5.41, 5.74) is 4.42. The van der Waals surface area contributed by atoms with E-state index in [1.807, 2.05) is 18.2 Å². The number of aryl methyl sites for hydroxylation is 2. The second-order valence-electron chi connectivity index (χ2n) is 5.36. The van der Waals surface area contributed by atoms with Crippen molar-refractivity contribution in [3.8, 4) is 11.4 Å². The number of nitrogens with zero attached hydrogens (tertiary/aromatic N) is 2. The number of hydrogen-bond donors (Lipinski definition) is 1. The van der Waals surface area contributed by atoms with Crippen LogP contribution in [0.5, 0.6) is 0 Å². The highest BCUT2D eigenvalue weighted by Crippen LogP contribution is 2.23. The Labute approximate surface area is 128 Å². The van der Waals surface area contributed by atoms with E-state index in [0.717, 1.165) is 33.8 Å². The zero-order valence-electron chi connectivity index (χ0n) is 11.8. The molecule has 2 aromatic rings. The first kappa shape index (κ1) is 13.7. The Balaban J connectivity index is 1.90. The minimum atomic E-state index is 0.707. The van der Waals surface area contributed by atoms with Crippen LogP contribution >= 0.6 is 15.9 Å². The molecule has 0 radical (unpaired) electrons. The van der Waals surface area contributed by atoms with E-state index in [-0.39, 0.29) is 0 Å². The number of rotatable bonds is 4. The Morgan fingerprint density at radius 3 is 2.50 bits per heavy atom. The maximum atomic E-state index is 4.67. The summed E-state index contributed by atoms with van der Waals surface area (Å²) < 4.78 is 1.05. The smallest absolute Gasteiger partial charge is 0.159 e. The highest BCUT2D eigenvalue weighted by Gasteiger charge is 2.21. The van der Waals surface area contributed by atoms with Crippen molar-refractivity contribution in [2.24, 2.45) is 0 Å². The average molecular weight is 332 g/mol. The van der Waals surface area contributed by atoms with E-state index in [4.69, 9.17) is 0 Å². The molecule has 1 aliphatic rings. The Bertz CT molecular complexity index is 612. The lowest BCUT2D eigenvalue weighted by Gasteiger charge is -2.11. The minimum Gasteiger partial charge on any atom is -0.310 e. The van der Waals surface area contributed by atoms with Gasteiger partial charge in [-0.1, -0.05) is 28.1 Å². The molecule has 0 aliphatic heterocycles. The predicted molar refractivity (Wildman–Crippen MR) is 84.5 cm³/mol. The van der Waals surface area contributed by atoms with Crippen LogP contribution in [-0.4, -0.2) is 16.0 Å². The average Bonchev–Trinajstić information content (AvgIpc) is 3.21. The molecular formula is C16H18BrN3. The monoisotopic (exact) mass is 331 g/mol. The molecule has 1 saturated carbocycles. The molecule has 1 aromatic heterocycles. The molecule has 1 N–H and O–H groups in total. The molecule has 1 aromatic carbocycles. The molecular weight excluding hydrogens is 314 g/mol. The molecule has 0 spiro atoms. The van der Waals surface area contributed by atoms with E-state index in [2.05, 4.69) is 51.1 Å². The van der Waals surface area contributed by atoms with Gasteiger partial charge in [0.1, 0.15) is 0 Å². The standard InChI is InChI=1S/C16H18BrN3/c1-10-15(9-18-14-6-7-14)11(2)20-16(19-10)12-4-3-5-13(17)8-12/h3-5,8,14,18H,6-7,9H2,1-2H3. The van der Waals surface area contributed by atoms with Crippen LogP contribution in [0.25, 0.3) is 11.4 Å². The Morgan fingerprint density at radius 1 is 1.20 bits per heavy atom. The topological polar surface area (TPSA) is 37.8 Å². The van der Waals surface area contributed by atoms with Gasteiger partial charge in [0.25, 0.3) is 0 Å². The van der Waals surface area contributed by atoms with Crippen LogP contribution in [-0.2, 0) is 6.54 Å². The lowest BCUT2D eigenvalue weighted by molar-refractivity contribution is 0.675. The van der Waals surface area contributed by atoms with Gasteiger partial charge in [-0.15, -0.1) is 0 Å². The molecule has 1 fully saturated rings. The molecule has 3 rings (SSSR count). The summed E-state index contributed by atoms with van der Waals surface area (Å²) in [6.07, 6.45) is 2.60. The zero-order valence-corrected chi connectivity index (χ0v) is 13.4. The van der Waals surface area contributed by atoms with Crippen molar-refractivity contribution in [2.45, 2.75) is 39.3 Å². The van der Waals surface area contributed by atoms with Crippen LogP contribution in [0.3, 0.4) is 0 Å². The first-order valence-electron chi connectivity index (χ1n) is 6.97. The highest BCUT2D eigenvalue weighted by molar-refractivity contribution is 9.10. The van der Waals surface area contributed by atoms with Crippen molar-refractivity contribution in [3.63, 3.8) is 0 Å². The normalized spacial score (nSPS) is 14.6. The van der Waals surface area contributed by atoms with Crippen molar-refractivity contribution in [2.75, 3.05) is 0 Å². The lowest BCUT2D eigenvalue weighted by Crippen LogP contribution is -2.18. The van der Waals surface area contributed by atoms with Crippen LogP contribution in [0.15, 0.2) is 28.7 Å². The van der Waals surface area contributed by atoms with Gasteiger partial charge < -0.3 is 5.32 Å². The van der Waals surface area contributed by atoms with Gasteiger partial charge in [0.15, 0.2) is 5.82 Å². The van der Waals surface area contributed by atoms with E-state index >= 15 is 0 Å². The summed E-state index contributed by atoms with van der Waals surface area (Å²) in [4.78, 5) is 9.34. The van der Waals surface area contributed by atoms with Gasteiger partial charge in [-0.2, -0.15) is 0 Å². The Morgan fingerprint density at radius 2 is 1.90 bits per heavy atom. The zero-order chi connectivity index (χ0) is 14.1. The summed E-state index contributed by atoms with van der Waals surface area (Å²) in [6.45, 7) is 5.02. The Kier molecular flexibility index (Phi) is 3.85. The van der Waals surface area contributed by atoms with Crippen molar-refractivity contribution < 1.29 is 0 Å². The molecule has 20 heavy (non-hydrogen) atoms. The Hall–Kier alpha value is -1.26. The molecule has 0 atom stereocenters. The molecule has 1 aliphatic carbocycles. The molecule has 104 valence electrons. The molecule has 0 amide bonds. The molecule has 0 unspecified atom stereocenters. The fourth-order valence-corrected chi connectivity index (χ4v) is 2.69. The molecule has 3 nitrogen and oxygen atoms in total. The van der Waals surface area contributed by atoms with Gasteiger partial charge in [-0.3, -0.25) is 0 Å². The van der Waals surface area contributed by atoms with Crippen molar-refractivity contribution in [1.82, 2.24) is 15.3 Å². The molecule has 0 saturated heterocycles. The van der Waals surface area contributed by atoms with Gasteiger partial charge in [-0.25, -0.2) is 9.97 Å². The fraction of sp³-hybridized carbons (Fsp3) is 0.375. The number of aromatic nitrogens is 2. The molecule has 1 heterocycles. The van der Waals surface area contributed by atoms with Gasteiger partial charge in [0.2, 0.25) is 0 Å². The third kappa shape index (κ3) is 3.07. The van der Waals surface area contributed by atoms with E-state index in [1.54, 1.807) is 0 Å². The lowest BCUT2D eigenvalue weighted by atomic mass is 10.1. The van der Waals surface area contributed by atoms with Gasteiger partial charge >= 0.3 is 0 Å². The maximum absolute atomic E-state index is 4.67. The van der Waals surface area contributed by atoms with Crippen LogP contribution < -0.4 is 5.32 Å². The summed E-state index contributed by atoms with van der Waals surface area (Å²) in [5.74, 6) is 0.802. The highest BCUT2D eigenvalue weighted by atomic mass is 79.9. The summed E-state index contributed by atoms with van der Waals surface area (Å²) in [5, 5.41) is 3.54. The number of nitrogens with one attached hydrogen (secondary N) is 1. The first-order chi connectivity index (χ1) is 9.63. The van der Waals surface area contributed by atoms with Gasteiger partial charge in [-0.05, 0) is 38.8 Å². The second kappa shape index (κ2) is 5.62. The van der Waals surface area contributed by atoms with Gasteiger partial charge in [0, 0.05) is 39.6 Å². The third-order valence-corrected chi connectivity index (χ3v) is 4.14. The van der Waals surface area contributed by atoms with Crippen LogP contribution in [0.4, 0.5) is 0 Å². The number of hydrogen-bond acceptors (Lipinski definition) is 3. The van der Waals surface area contributed by atoms with E-state index in [0.29, 0.717) is 6.04 Å². The van der Waals surface area contributed by atoms with E-state index in [9.17, 15) is 0 Å². The number of benzene rings is 1. The number of halogens is 1. The van der Waals surface area contributed by atoms with Crippen molar-refractivity contribution >= 4 is 15.9 Å². The van der Waals surface area contributed by atoms with Crippen LogP contribution in [0.2, 0.25) is 0 Å². The summed E-state index contributed by atoms with van der Waals surface area (Å²) in [6, 6.07) is 8.82. The largest absolute Gasteiger partial charge is 0.310 e. The van der Waals surface area contributed by atoms with E-state index < -0.39 is 0 Å². The molecule has 0 bridgehead atoms. The summed E-state index contributed by atoms with van der Waals surface area (Å²) >= 11 is 3.49. The fourth-order valence-electron chi connectivity index (χ4n) is 2.29. The van der Waals surface area contributed by atoms with Crippen LogP contribution in [0.1, 0.15) is 29.8 Å². The SMILES string of the molecule is Cc1nc(-c2cccc(Br)c2)nc(C)c1CNC1CC1.